The van der Waals surface area contributed by atoms with Crippen molar-refractivity contribution in [3.8, 4) is 0 Å². The van der Waals surface area contributed by atoms with Gasteiger partial charge in [-0.15, -0.1) is 11.6 Å². The van der Waals surface area contributed by atoms with Crippen molar-refractivity contribution in [3.63, 3.8) is 0 Å². The number of carbonyl (C=O) groups is 1. The number of carbonyl (C=O) groups excluding carboxylic acids is 1. The van der Waals surface area contributed by atoms with Gasteiger partial charge in [-0.2, -0.15) is 0 Å². The molecule has 0 amide bonds. The molecule has 7 nitrogen and oxygen atoms in total. The highest BCUT2D eigenvalue weighted by Gasteiger charge is 2.34. The SMILES string of the molecule is O=C(c1ccc(F)cc1)[C@@H](Cl)[C@@H](NS(=O)(=O)c1ccccc1[N+](=O)[O-])c1ccccc1. The van der Waals surface area contributed by atoms with Crippen molar-refractivity contribution in [2.24, 2.45) is 0 Å². The summed E-state index contributed by atoms with van der Waals surface area (Å²) in [5.41, 5.74) is -0.148. The number of nitro benzene ring substituents is 1. The number of hydrogen-bond donors (Lipinski definition) is 1. The normalized spacial score (nSPS) is 13.4. The third kappa shape index (κ3) is 5.13. The zero-order valence-corrected chi connectivity index (χ0v) is 17.4. The molecule has 0 aliphatic carbocycles. The highest BCUT2D eigenvalue weighted by Crippen LogP contribution is 2.29. The van der Waals surface area contributed by atoms with E-state index >= 15 is 0 Å². The molecule has 2 atom stereocenters. The van der Waals surface area contributed by atoms with Gasteiger partial charge in [0.15, 0.2) is 10.7 Å². The standard InChI is InChI=1S/C21H16ClFN2O5S/c22-19(21(26)15-10-12-16(23)13-11-15)20(14-6-2-1-3-7-14)24-31(29,30)18-9-5-4-8-17(18)25(27)28/h1-13,19-20,24H/t19-,20-/m0/s1. The summed E-state index contributed by atoms with van der Waals surface area (Å²) in [4.78, 5) is 22.8. The topological polar surface area (TPSA) is 106 Å². The summed E-state index contributed by atoms with van der Waals surface area (Å²) < 4.78 is 41.5. The van der Waals surface area contributed by atoms with Gasteiger partial charge in [0.1, 0.15) is 11.2 Å². The summed E-state index contributed by atoms with van der Waals surface area (Å²) in [6.45, 7) is 0. The van der Waals surface area contributed by atoms with Crippen molar-refractivity contribution >= 4 is 33.1 Å². The molecule has 160 valence electrons. The molecule has 0 saturated heterocycles. The Labute approximate surface area is 182 Å². The minimum atomic E-state index is -4.44. The fourth-order valence-electron chi connectivity index (χ4n) is 2.95. The number of nitrogens with one attached hydrogen (secondary N) is 1. The van der Waals surface area contributed by atoms with E-state index < -0.39 is 48.5 Å². The second kappa shape index (κ2) is 9.34. The molecule has 0 radical (unpaired) electrons. The minimum Gasteiger partial charge on any atom is -0.292 e. The number of benzene rings is 3. The van der Waals surface area contributed by atoms with Crippen molar-refractivity contribution in [1.82, 2.24) is 4.72 Å². The van der Waals surface area contributed by atoms with E-state index in [4.69, 9.17) is 11.6 Å². The van der Waals surface area contributed by atoms with E-state index in [1.165, 1.54) is 24.3 Å². The number of nitrogens with zero attached hydrogens (tertiary/aromatic N) is 1. The molecule has 1 N–H and O–H groups in total. The number of alkyl halides is 1. The molecular formula is C21H16ClFN2O5S. The highest BCUT2D eigenvalue weighted by molar-refractivity contribution is 7.89. The van der Waals surface area contributed by atoms with Gasteiger partial charge < -0.3 is 0 Å². The molecule has 0 aliphatic rings. The Morgan fingerprint density at radius 3 is 2.16 bits per heavy atom. The molecule has 0 spiro atoms. The van der Waals surface area contributed by atoms with Crippen molar-refractivity contribution in [3.05, 3.63) is 106 Å². The van der Waals surface area contributed by atoms with Crippen molar-refractivity contribution in [2.75, 3.05) is 0 Å². The smallest absolute Gasteiger partial charge is 0.289 e. The van der Waals surface area contributed by atoms with Crippen LogP contribution in [0, 0.1) is 15.9 Å². The van der Waals surface area contributed by atoms with Gasteiger partial charge in [0.2, 0.25) is 10.0 Å². The first-order chi connectivity index (χ1) is 14.7. The van der Waals surface area contributed by atoms with Crippen LogP contribution in [0.5, 0.6) is 0 Å². The Kier molecular flexibility index (Phi) is 6.79. The second-order valence-corrected chi connectivity index (χ2v) is 8.66. The fourth-order valence-corrected chi connectivity index (χ4v) is 4.77. The summed E-state index contributed by atoms with van der Waals surface area (Å²) in [6, 6.07) is 16.4. The van der Waals surface area contributed by atoms with Crippen LogP contribution in [0.1, 0.15) is 22.0 Å². The fraction of sp³-hybridized carbons (Fsp3) is 0.0952. The van der Waals surface area contributed by atoms with Crippen LogP contribution in [0.25, 0.3) is 0 Å². The van der Waals surface area contributed by atoms with Crippen LogP contribution < -0.4 is 4.72 Å². The summed E-state index contributed by atoms with van der Waals surface area (Å²) in [5.74, 6) is -1.18. The van der Waals surface area contributed by atoms with Gasteiger partial charge in [-0.25, -0.2) is 17.5 Å². The molecule has 31 heavy (non-hydrogen) atoms. The molecule has 0 saturated carbocycles. The summed E-state index contributed by atoms with van der Waals surface area (Å²) in [5, 5.41) is 9.87. The average Bonchev–Trinajstić information content (AvgIpc) is 2.77. The molecule has 0 aromatic heterocycles. The van der Waals surface area contributed by atoms with Gasteiger partial charge in [0.25, 0.3) is 5.69 Å². The van der Waals surface area contributed by atoms with Gasteiger partial charge in [-0.05, 0) is 35.9 Å². The first kappa shape index (κ1) is 22.5. The molecule has 0 aliphatic heterocycles. The molecule has 3 aromatic carbocycles. The first-order valence-electron chi connectivity index (χ1n) is 8.95. The molecule has 0 bridgehead atoms. The van der Waals surface area contributed by atoms with Crippen molar-refractivity contribution in [1.29, 1.82) is 0 Å². The number of Topliss-reactive ketones (excluding diaryl/α,β-unsaturated/α-hetero) is 1. The Bertz CT molecular complexity index is 1200. The molecule has 0 unspecified atom stereocenters. The lowest BCUT2D eigenvalue weighted by atomic mass is 9.98. The van der Waals surface area contributed by atoms with E-state index in [9.17, 15) is 27.7 Å². The number of nitro groups is 1. The molecule has 3 aromatic rings. The third-order valence-electron chi connectivity index (χ3n) is 4.46. The first-order valence-corrected chi connectivity index (χ1v) is 10.9. The molecular weight excluding hydrogens is 447 g/mol. The quantitative estimate of drug-likeness (QED) is 0.233. The van der Waals surface area contributed by atoms with Crippen molar-refractivity contribution < 1.29 is 22.5 Å². The maximum atomic E-state index is 13.2. The lowest BCUT2D eigenvalue weighted by Gasteiger charge is -2.23. The Hall–Kier alpha value is -3.14. The summed E-state index contributed by atoms with van der Waals surface area (Å²) in [7, 11) is -4.44. The van der Waals surface area contributed by atoms with Crippen LogP contribution in [0.3, 0.4) is 0 Å². The average molecular weight is 463 g/mol. The van der Waals surface area contributed by atoms with E-state index in [0.29, 0.717) is 5.56 Å². The summed E-state index contributed by atoms with van der Waals surface area (Å²) >= 11 is 6.40. The predicted octanol–water partition coefficient (Wildman–Crippen LogP) is 4.24. The maximum Gasteiger partial charge on any atom is 0.289 e. The van der Waals surface area contributed by atoms with E-state index in [2.05, 4.69) is 4.72 Å². The number of sulfonamides is 1. The van der Waals surface area contributed by atoms with E-state index in [1.807, 2.05) is 0 Å². The van der Waals surface area contributed by atoms with E-state index in [0.717, 1.165) is 24.3 Å². The highest BCUT2D eigenvalue weighted by atomic mass is 35.5. The van der Waals surface area contributed by atoms with Crippen LogP contribution in [-0.4, -0.2) is 24.5 Å². The summed E-state index contributed by atoms with van der Waals surface area (Å²) in [6.07, 6.45) is 0. The number of para-hydroxylation sites is 1. The zero-order valence-electron chi connectivity index (χ0n) is 15.8. The Morgan fingerprint density at radius 1 is 0.968 bits per heavy atom. The number of rotatable bonds is 8. The van der Waals surface area contributed by atoms with Crippen LogP contribution in [0.15, 0.2) is 83.8 Å². The lowest BCUT2D eigenvalue weighted by molar-refractivity contribution is -0.387. The molecule has 3 rings (SSSR count). The largest absolute Gasteiger partial charge is 0.292 e. The number of ketones is 1. The van der Waals surface area contributed by atoms with Gasteiger partial charge >= 0.3 is 0 Å². The van der Waals surface area contributed by atoms with Crippen LogP contribution in [0.4, 0.5) is 10.1 Å². The Morgan fingerprint density at radius 2 is 1.55 bits per heavy atom. The van der Waals surface area contributed by atoms with Crippen LogP contribution in [-0.2, 0) is 10.0 Å². The number of hydrogen-bond acceptors (Lipinski definition) is 5. The van der Waals surface area contributed by atoms with Gasteiger partial charge in [0, 0.05) is 11.6 Å². The molecule has 0 fully saturated rings. The van der Waals surface area contributed by atoms with E-state index in [-0.39, 0.29) is 5.56 Å². The zero-order chi connectivity index (χ0) is 22.6. The lowest BCUT2D eigenvalue weighted by Crippen LogP contribution is -2.38. The van der Waals surface area contributed by atoms with Crippen LogP contribution >= 0.6 is 11.6 Å². The number of halogens is 2. The molecule has 10 heteroatoms. The van der Waals surface area contributed by atoms with Gasteiger partial charge in [-0.1, -0.05) is 42.5 Å². The van der Waals surface area contributed by atoms with Crippen molar-refractivity contribution in [2.45, 2.75) is 16.3 Å². The third-order valence-corrected chi connectivity index (χ3v) is 6.40. The monoisotopic (exact) mass is 462 g/mol. The predicted molar refractivity (Wildman–Crippen MR) is 113 cm³/mol. The molecule has 0 heterocycles. The Balaban J connectivity index is 2.02. The maximum absolute atomic E-state index is 13.2. The van der Waals surface area contributed by atoms with Gasteiger partial charge in [0.05, 0.1) is 11.0 Å². The van der Waals surface area contributed by atoms with Gasteiger partial charge in [-0.3, -0.25) is 14.9 Å². The minimum absolute atomic E-state index is 0.0900. The second-order valence-electron chi connectivity index (χ2n) is 6.51. The van der Waals surface area contributed by atoms with E-state index in [1.54, 1.807) is 30.3 Å². The van der Waals surface area contributed by atoms with Crippen LogP contribution in [0.2, 0.25) is 0 Å².